The van der Waals surface area contributed by atoms with Crippen molar-refractivity contribution in [1.82, 2.24) is 10.2 Å². The largest absolute Gasteiger partial charge is 0.395 e. The third-order valence-corrected chi connectivity index (χ3v) is 4.59. The molecule has 0 radical (unpaired) electrons. The van der Waals surface area contributed by atoms with Gasteiger partial charge in [-0.25, -0.2) is 8.78 Å². The van der Waals surface area contributed by atoms with E-state index in [1.807, 2.05) is 0 Å². The van der Waals surface area contributed by atoms with E-state index >= 15 is 0 Å². The lowest BCUT2D eigenvalue weighted by Gasteiger charge is -2.43. The van der Waals surface area contributed by atoms with Crippen molar-refractivity contribution in [3.8, 4) is 0 Å². The summed E-state index contributed by atoms with van der Waals surface area (Å²) in [4.78, 5) is 1.74. The van der Waals surface area contributed by atoms with E-state index in [1.165, 1.54) is 12.8 Å². The summed E-state index contributed by atoms with van der Waals surface area (Å²) in [6, 6.07) is 0.405. The smallest absolute Gasteiger partial charge is 0.251 e. The first-order valence-corrected chi connectivity index (χ1v) is 8.21. The predicted octanol–water partition coefficient (Wildman–Crippen LogP) is 2.74. The van der Waals surface area contributed by atoms with Gasteiger partial charge in [-0.05, 0) is 24.2 Å². The third-order valence-electron chi connectivity index (χ3n) is 4.59. The van der Waals surface area contributed by atoms with Crippen LogP contribution < -0.4 is 5.32 Å². The zero-order valence-corrected chi connectivity index (χ0v) is 13.7. The van der Waals surface area contributed by atoms with Gasteiger partial charge in [0.15, 0.2) is 0 Å². The van der Waals surface area contributed by atoms with E-state index in [-0.39, 0.29) is 18.6 Å². The number of rotatable bonds is 9. The normalized spacial score (nSPS) is 27.0. The molecule has 2 N–H and O–H groups in total. The number of aliphatic hydroxyl groups excluding tert-OH is 1. The Morgan fingerprint density at radius 1 is 1.29 bits per heavy atom. The maximum absolute atomic E-state index is 12.7. The van der Waals surface area contributed by atoms with Crippen molar-refractivity contribution in [2.75, 3.05) is 32.8 Å². The van der Waals surface area contributed by atoms with E-state index in [2.05, 4.69) is 26.1 Å². The van der Waals surface area contributed by atoms with Gasteiger partial charge in [0.05, 0.1) is 13.2 Å². The zero-order chi connectivity index (χ0) is 15.9. The Bertz CT molecular complexity index is 279. The van der Waals surface area contributed by atoms with Gasteiger partial charge < -0.3 is 10.4 Å². The number of halogens is 2. The summed E-state index contributed by atoms with van der Waals surface area (Å²) < 4.78 is 25.4. The molecule has 0 saturated heterocycles. The van der Waals surface area contributed by atoms with Crippen LogP contribution in [0.15, 0.2) is 0 Å². The van der Waals surface area contributed by atoms with Gasteiger partial charge in [0.1, 0.15) is 0 Å². The third kappa shape index (κ3) is 7.02. The number of aliphatic hydroxyl groups is 1. The Kier molecular flexibility index (Phi) is 8.06. The average Bonchev–Trinajstić information content (AvgIpc) is 2.39. The summed E-state index contributed by atoms with van der Waals surface area (Å²) in [5.41, 5.74) is 0.0703. The monoisotopic (exact) mass is 306 g/mol. The standard InChI is InChI=1S/C16H32F2N2O/c1-13(2)19-11-16(6-4-14(3)5-7-16)12-20(8-9-21)10-15(17)18/h13-15,19,21H,4-12H2,1-3H3. The van der Waals surface area contributed by atoms with Gasteiger partial charge in [-0.3, -0.25) is 4.90 Å². The van der Waals surface area contributed by atoms with Gasteiger partial charge in [0.25, 0.3) is 6.43 Å². The van der Waals surface area contributed by atoms with Gasteiger partial charge >= 0.3 is 0 Å². The molecular weight excluding hydrogens is 274 g/mol. The second kappa shape index (κ2) is 9.01. The van der Waals surface area contributed by atoms with Crippen LogP contribution in [0.25, 0.3) is 0 Å². The summed E-state index contributed by atoms with van der Waals surface area (Å²) in [7, 11) is 0. The lowest BCUT2D eigenvalue weighted by atomic mass is 9.70. The topological polar surface area (TPSA) is 35.5 Å². The molecule has 1 rings (SSSR count). The second-order valence-electron chi connectivity index (χ2n) is 7.07. The van der Waals surface area contributed by atoms with Crippen LogP contribution in [0.3, 0.4) is 0 Å². The van der Waals surface area contributed by atoms with Crippen molar-refractivity contribution in [3.63, 3.8) is 0 Å². The van der Waals surface area contributed by atoms with Crippen LogP contribution in [0.1, 0.15) is 46.5 Å². The van der Waals surface area contributed by atoms with Gasteiger partial charge in [-0.2, -0.15) is 0 Å². The first-order chi connectivity index (χ1) is 9.87. The summed E-state index contributed by atoms with van der Waals surface area (Å²) in [5, 5.41) is 12.6. The van der Waals surface area contributed by atoms with Gasteiger partial charge in [-0.15, -0.1) is 0 Å². The Morgan fingerprint density at radius 2 is 1.90 bits per heavy atom. The molecular formula is C16H32F2N2O. The number of alkyl halides is 2. The molecule has 0 aromatic carbocycles. The number of hydrogen-bond donors (Lipinski definition) is 2. The van der Waals surface area contributed by atoms with E-state index in [9.17, 15) is 8.78 Å². The minimum absolute atomic E-state index is 0.0587. The van der Waals surface area contributed by atoms with E-state index in [0.717, 1.165) is 25.3 Å². The number of hydrogen-bond acceptors (Lipinski definition) is 3. The van der Waals surface area contributed by atoms with Gasteiger partial charge in [-0.1, -0.05) is 33.6 Å². The zero-order valence-electron chi connectivity index (χ0n) is 13.7. The Morgan fingerprint density at radius 3 is 2.38 bits per heavy atom. The summed E-state index contributed by atoms with van der Waals surface area (Å²) in [6.45, 7) is 8.07. The van der Waals surface area contributed by atoms with Crippen molar-refractivity contribution >= 4 is 0 Å². The average molecular weight is 306 g/mol. The van der Waals surface area contributed by atoms with Crippen LogP contribution in [0.4, 0.5) is 8.78 Å². The first-order valence-electron chi connectivity index (χ1n) is 8.21. The minimum atomic E-state index is -2.34. The highest BCUT2D eigenvalue weighted by Gasteiger charge is 2.36. The molecule has 1 saturated carbocycles. The number of nitrogens with one attached hydrogen (secondary N) is 1. The molecule has 21 heavy (non-hydrogen) atoms. The molecule has 0 aliphatic heterocycles. The molecule has 0 amide bonds. The number of nitrogens with zero attached hydrogens (tertiary/aromatic N) is 1. The molecule has 5 heteroatoms. The summed E-state index contributed by atoms with van der Waals surface area (Å²) >= 11 is 0. The molecule has 126 valence electrons. The van der Waals surface area contributed by atoms with Gasteiger partial charge in [0.2, 0.25) is 0 Å². The summed E-state index contributed by atoms with van der Waals surface area (Å²) in [5.74, 6) is 0.735. The molecule has 0 atom stereocenters. The van der Waals surface area contributed by atoms with Crippen LogP contribution in [-0.4, -0.2) is 55.3 Å². The van der Waals surface area contributed by atoms with Crippen LogP contribution >= 0.6 is 0 Å². The van der Waals surface area contributed by atoms with Gasteiger partial charge in [0, 0.05) is 25.7 Å². The highest BCUT2D eigenvalue weighted by molar-refractivity contribution is 4.90. The van der Waals surface area contributed by atoms with Crippen LogP contribution in [0.2, 0.25) is 0 Å². The molecule has 3 nitrogen and oxygen atoms in total. The highest BCUT2D eigenvalue weighted by atomic mass is 19.3. The molecule has 0 heterocycles. The quantitative estimate of drug-likeness (QED) is 0.687. The van der Waals surface area contributed by atoms with Crippen LogP contribution in [-0.2, 0) is 0 Å². The van der Waals surface area contributed by atoms with E-state index in [0.29, 0.717) is 19.1 Å². The second-order valence-corrected chi connectivity index (χ2v) is 7.07. The van der Waals surface area contributed by atoms with Crippen molar-refractivity contribution < 1.29 is 13.9 Å². The van der Waals surface area contributed by atoms with Crippen molar-refractivity contribution in [2.45, 2.75) is 58.9 Å². The maximum Gasteiger partial charge on any atom is 0.251 e. The van der Waals surface area contributed by atoms with Crippen LogP contribution in [0, 0.1) is 11.3 Å². The van der Waals surface area contributed by atoms with Crippen molar-refractivity contribution in [1.29, 1.82) is 0 Å². The molecule has 0 unspecified atom stereocenters. The maximum atomic E-state index is 12.7. The molecule has 1 fully saturated rings. The van der Waals surface area contributed by atoms with Crippen LogP contribution in [0.5, 0.6) is 0 Å². The fraction of sp³-hybridized carbons (Fsp3) is 1.00. The molecule has 0 aromatic rings. The molecule has 0 spiro atoms. The van der Waals surface area contributed by atoms with Crippen molar-refractivity contribution in [2.24, 2.45) is 11.3 Å². The van der Waals surface area contributed by atoms with E-state index in [4.69, 9.17) is 5.11 Å². The molecule has 0 aromatic heterocycles. The summed E-state index contributed by atoms with van der Waals surface area (Å²) in [6.07, 6.45) is 2.16. The Hall–Kier alpha value is -0.260. The minimum Gasteiger partial charge on any atom is -0.395 e. The molecule has 1 aliphatic rings. The van der Waals surface area contributed by atoms with E-state index in [1.54, 1.807) is 4.90 Å². The van der Waals surface area contributed by atoms with E-state index < -0.39 is 6.43 Å². The fourth-order valence-corrected chi connectivity index (χ4v) is 3.23. The molecule has 1 aliphatic carbocycles. The highest BCUT2D eigenvalue weighted by Crippen LogP contribution is 2.39. The fourth-order valence-electron chi connectivity index (χ4n) is 3.23. The predicted molar refractivity (Wildman–Crippen MR) is 82.7 cm³/mol. The Balaban J connectivity index is 2.69. The SMILES string of the molecule is CC1CCC(CNC(C)C)(CN(CCO)CC(F)F)CC1. The lowest BCUT2D eigenvalue weighted by Crippen LogP contribution is -2.49. The molecule has 0 bridgehead atoms. The van der Waals surface area contributed by atoms with Crippen molar-refractivity contribution in [3.05, 3.63) is 0 Å². The first kappa shape index (κ1) is 18.8. The Labute approximate surface area is 128 Å². The lowest BCUT2D eigenvalue weighted by molar-refractivity contribution is 0.0314.